The maximum absolute atomic E-state index is 13.5. The topological polar surface area (TPSA) is 70.9 Å². The predicted molar refractivity (Wildman–Crippen MR) is 119 cm³/mol. The van der Waals surface area contributed by atoms with Gasteiger partial charge >= 0.3 is 0 Å². The second kappa shape index (κ2) is 9.22. The number of rotatable bonds is 8. The van der Waals surface area contributed by atoms with E-state index >= 15 is 0 Å². The van der Waals surface area contributed by atoms with Gasteiger partial charge in [0.25, 0.3) is 5.92 Å². The minimum absolute atomic E-state index is 0.212. The number of nitrogens with one attached hydrogen (secondary N) is 1. The lowest BCUT2D eigenvalue weighted by Crippen LogP contribution is -2.09. The Morgan fingerprint density at radius 3 is 2.62 bits per heavy atom. The summed E-state index contributed by atoms with van der Waals surface area (Å²) >= 11 is 1.41. The van der Waals surface area contributed by atoms with Crippen LogP contribution in [0, 0.1) is 5.95 Å². The van der Waals surface area contributed by atoms with Crippen LogP contribution in [0.1, 0.15) is 30.3 Å². The molecule has 0 unspecified atom stereocenters. The van der Waals surface area contributed by atoms with Crippen LogP contribution in [0.2, 0.25) is 0 Å². The van der Waals surface area contributed by atoms with Crippen LogP contribution in [0.15, 0.2) is 48.8 Å². The Morgan fingerprint density at radius 1 is 1.06 bits per heavy atom. The Morgan fingerprint density at radius 2 is 1.91 bits per heavy atom. The summed E-state index contributed by atoms with van der Waals surface area (Å²) in [6, 6.07) is 10.0. The van der Waals surface area contributed by atoms with Crippen LogP contribution in [0.3, 0.4) is 0 Å². The lowest BCUT2D eigenvalue weighted by molar-refractivity contribution is 0.0127. The van der Waals surface area contributed by atoms with Crippen molar-refractivity contribution in [1.29, 1.82) is 0 Å². The summed E-state index contributed by atoms with van der Waals surface area (Å²) in [5.74, 6) is -3.49. The quantitative estimate of drug-likeness (QED) is 0.268. The number of anilines is 1. The molecular formula is C23H21F3N4OS. The molecule has 3 heterocycles. The van der Waals surface area contributed by atoms with Crippen LogP contribution in [0.5, 0.6) is 0 Å². The predicted octanol–water partition coefficient (Wildman–Crippen LogP) is 5.54. The van der Waals surface area contributed by atoms with Crippen molar-refractivity contribution in [3.8, 4) is 10.4 Å². The Bertz CT molecular complexity index is 1220. The van der Waals surface area contributed by atoms with Crippen LogP contribution >= 0.6 is 11.3 Å². The van der Waals surface area contributed by atoms with Crippen LogP contribution < -0.4 is 5.32 Å². The van der Waals surface area contributed by atoms with Gasteiger partial charge in [-0.25, -0.2) is 9.97 Å². The molecule has 0 bridgehead atoms. The van der Waals surface area contributed by atoms with Gasteiger partial charge in [0.15, 0.2) is 5.13 Å². The van der Waals surface area contributed by atoms with E-state index in [2.05, 4.69) is 20.3 Å². The zero-order valence-corrected chi connectivity index (χ0v) is 18.1. The van der Waals surface area contributed by atoms with E-state index < -0.39 is 11.9 Å². The van der Waals surface area contributed by atoms with Crippen molar-refractivity contribution in [1.82, 2.24) is 15.0 Å². The summed E-state index contributed by atoms with van der Waals surface area (Å²) in [6.45, 7) is 1.24. The number of aryl methyl sites for hydroxylation is 1. The zero-order chi connectivity index (χ0) is 22.7. The standard InChI is InChI=1S/C23H21F3N4OS/c1-23(25,26)19-7-4-14(11-28-19)3-2-8-27-22-30-18(13-31)21(32-22)15-5-6-16-12-29-20(24)10-17(16)9-15/h4-7,9-12,31H,2-3,8,13H2,1H3,(H,27,30). The van der Waals surface area contributed by atoms with Crippen molar-refractivity contribution in [2.45, 2.75) is 32.3 Å². The zero-order valence-electron chi connectivity index (χ0n) is 17.3. The molecule has 0 aliphatic rings. The number of nitrogens with zero attached hydrogens (tertiary/aromatic N) is 3. The highest BCUT2D eigenvalue weighted by Crippen LogP contribution is 2.35. The number of aliphatic hydroxyl groups excluding tert-OH is 1. The summed E-state index contributed by atoms with van der Waals surface area (Å²) in [7, 11) is 0. The number of pyridine rings is 2. The van der Waals surface area contributed by atoms with E-state index in [4.69, 9.17) is 0 Å². The molecule has 0 saturated carbocycles. The third kappa shape index (κ3) is 5.05. The van der Waals surface area contributed by atoms with Gasteiger partial charge in [0.2, 0.25) is 5.95 Å². The first kappa shape index (κ1) is 22.2. The summed E-state index contributed by atoms with van der Waals surface area (Å²) < 4.78 is 40.0. The van der Waals surface area contributed by atoms with Crippen molar-refractivity contribution in [3.05, 3.63) is 71.7 Å². The Labute approximate surface area is 187 Å². The van der Waals surface area contributed by atoms with Gasteiger partial charge in [0.1, 0.15) is 5.69 Å². The van der Waals surface area contributed by atoms with Crippen LogP contribution in [0.25, 0.3) is 21.2 Å². The van der Waals surface area contributed by atoms with Gasteiger partial charge in [-0.1, -0.05) is 29.5 Å². The maximum atomic E-state index is 13.5. The van der Waals surface area contributed by atoms with Gasteiger partial charge in [-0.15, -0.1) is 0 Å². The number of aromatic nitrogens is 3. The number of benzene rings is 1. The number of fused-ring (bicyclic) bond motifs is 1. The van der Waals surface area contributed by atoms with E-state index in [0.717, 1.165) is 40.1 Å². The number of halogens is 3. The van der Waals surface area contributed by atoms with Crippen LogP contribution in [0.4, 0.5) is 18.3 Å². The van der Waals surface area contributed by atoms with E-state index in [1.807, 2.05) is 18.2 Å². The van der Waals surface area contributed by atoms with E-state index in [0.29, 0.717) is 23.8 Å². The molecule has 5 nitrogen and oxygen atoms in total. The second-order valence-corrected chi connectivity index (χ2v) is 8.49. The SMILES string of the molecule is CC(F)(F)c1ccc(CCCNc2nc(CO)c(-c3ccc4cnc(F)cc4c3)s2)cn1. The van der Waals surface area contributed by atoms with E-state index in [1.165, 1.54) is 35.9 Å². The first-order chi connectivity index (χ1) is 15.3. The Kier molecular flexibility index (Phi) is 6.38. The Hall–Kier alpha value is -3.04. The number of aliphatic hydroxyl groups is 1. The highest BCUT2D eigenvalue weighted by Gasteiger charge is 2.25. The lowest BCUT2D eigenvalue weighted by Gasteiger charge is -2.09. The molecule has 2 N–H and O–H groups in total. The molecule has 9 heteroatoms. The third-order valence-electron chi connectivity index (χ3n) is 4.99. The summed E-state index contributed by atoms with van der Waals surface area (Å²) in [4.78, 5) is 12.8. The first-order valence-electron chi connectivity index (χ1n) is 10.1. The molecule has 0 amide bonds. The molecular weight excluding hydrogens is 437 g/mol. The van der Waals surface area contributed by atoms with E-state index in [-0.39, 0.29) is 12.3 Å². The molecule has 1 aromatic carbocycles. The molecule has 0 spiro atoms. The van der Waals surface area contributed by atoms with E-state index in [9.17, 15) is 18.3 Å². The fourth-order valence-corrected chi connectivity index (χ4v) is 4.33. The van der Waals surface area contributed by atoms with Gasteiger partial charge in [-0.05, 0) is 41.5 Å². The maximum Gasteiger partial charge on any atom is 0.286 e. The number of hydrogen-bond acceptors (Lipinski definition) is 6. The molecule has 4 aromatic rings. The van der Waals surface area contributed by atoms with Crippen LogP contribution in [-0.2, 0) is 19.0 Å². The minimum Gasteiger partial charge on any atom is -0.390 e. The van der Waals surface area contributed by atoms with Gasteiger partial charge in [-0.3, -0.25) is 4.98 Å². The fourth-order valence-electron chi connectivity index (χ4n) is 3.34. The summed E-state index contributed by atoms with van der Waals surface area (Å²) in [5, 5.41) is 15.2. The van der Waals surface area contributed by atoms with Gasteiger partial charge in [0.05, 0.1) is 17.2 Å². The highest BCUT2D eigenvalue weighted by atomic mass is 32.1. The van der Waals surface area contributed by atoms with Gasteiger partial charge < -0.3 is 10.4 Å². The summed E-state index contributed by atoms with van der Waals surface area (Å²) in [5.41, 5.74) is 2.04. The van der Waals surface area contributed by atoms with Gasteiger partial charge in [0, 0.05) is 37.3 Å². The number of hydrogen-bond donors (Lipinski definition) is 2. The molecule has 32 heavy (non-hydrogen) atoms. The molecule has 0 aliphatic carbocycles. The smallest absolute Gasteiger partial charge is 0.286 e. The molecule has 4 rings (SSSR count). The Balaban J connectivity index is 1.40. The third-order valence-corrected chi connectivity index (χ3v) is 6.10. The fraction of sp³-hybridized carbons (Fsp3) is 0.261. The highest BCUT2D eigenvalue weighted by molar-refractivity contribution is 7.19. The molecule has 166 valence electrons. The molecule has 0 fully saturated rings. The van der Waals surface area contributed by atoms with E-state index in [1.54, 1.807) is 6.07 Å². The molecule has 0 saturated heterocycles. The lowest BCUT2D eigenvalue weighted by atomic mass is 10.1. The average molecular weight is 459 g/mol. The average Bonchev–Trinajstić information content (AvgIpc) is 3.19. The number of thiazole rings is 1. The molecule has 0 radical (unpaired) electrons. The van der Waals surface area contributed by atoms with Crippen molar-refractivity contribution in [2.24, 2.45) is 0 Å². The molecule has 0 atom stereocenters. The van der Waals surface area contributed by atoms with Crippen molar-refractivity contribution in [3.63, 3.8) is 0 Å². The van der Waals surface area contributed by atoms with Crippen molar-refractivity contribution >= 4 is 27.2 Å². The minimum atomic E-state index is -2.94. The number of alkyl halides is 2. The first-order valence-corrected chi connectivity index (χ1v) is 10.9. The van der Waals surface area contributed by atoms with Crippen molar-refractivity contribution < 1.29 is 18.3 Å². The summed E-state index contributed by atoms with van der Waals surface area (Å²) in [6.07, 6.45) is 4.41. The molecule has 0 aliphatic heterocycles. The monoisotopic (exact) mass is 458 g/mol. The van der Waals surface area contributed by atoms with Crippen LogP contribution in [-0.4, -0.2) is 26.6 Å². The molecule has 3 aromatic heterocycles. The second-order valence-electron chi connectivity index (χ2n) is 7.49. The normalized spacial score (nSPS) is 11.8. The largest absolute Gasteiger partial charge is 0.390 e. The van der Waals surface area contributed by atoms with Crippen molar-refractivity contribution in [2.75, 3.05) is 11.9 Å². The van der Waals surface area contributed by atoms with Gasteiger partial charge in [-0.2, -0.15) is 13.2 Å².